The predicted octanol–water partition coefficient (Wildman–Crippen LogP) is 18.8. The molecular formula is C70H63BN2S2. The fourth-order valence-corrected chi connectivity index (χ4v) is 15.5. The first-order valence-electron chi connectivity index (χ1n) is 27.1. The van der Waals surface area contributed by atoms with Crippen LogP contribution in [0.2, 0.25) is 0 Å². The standard InChI is InChI=1S/C70H63BN2S2/c1-67(2,3)44-29-34-58-56(37-44)71-57-40-54-55(70(9,10)36-35-69(54,7)8)41-59(57)73(47-32-27-43(28-33-47)49-20-16-22-53-51-18-12-14-24-63(51)75-66(49)53)61-39-45(68(4,5)6)38-60(64(61)71)72(58)46-30-25-42(26-31-46)48-19-15-21-52-50-17-11-13-23-62(50)74-65(48)52/h11-34,37-41H,35-36H2,1-10H3. The first-order chi connectivity index (χ1) is 35.9. The van der Waals surface area contributed by atoms with Crippen LogP contribution in [0.4, 0.5) is 34.1 Å². The van der Waals surface area contributed by atoms with Crippen LogP contribution >= 0.6 is 22.7 Å². The van der Waals surface area contributed by atoms with Gasteiger partial charge < -0.3 is 9.80 Å². The number of thiophene rings is 2. The first-order valence-corrected chi connectivity index (χ1v) is 28.7. The van der Waals surface area contributed by atoms with Gasteiger partial charge >= 0.3 is 0 Å². The summed E-state index contributed by atoms with van der Waals surface area (Å²) in [5.74, 6) is 0. The van der Waals surface area contributed by atoms with Crippen molar-refractivity contribution < 1.29 is 0 Å². The van der Waals surface area contributed by atoms with Gasteiger partial charge in [-0.1, -0.05) is 184 Å². The third-order valence-corrected chi connectivity index (χ3v) is 19.9. The molecule has 0 atom stereocenters. The van der Waals surface area contributed by atoms with Crippen molar-refractivity contribution in [3.05, 3.63) is 198 Å². The molecule has 14 rings (SSSR count). The number of hydrogen-bond donors (Lipinski definition) is 0. The van der Waals surface area contributed by atoms with E-state index in [0.29, 0.717) is 0 Å². The monoisotopic (exact) mass is 1010 g/mol. The Morgan fingerprint density at radius 3 is 1.37 bits per heavy atom. The average Bonchev–Trinajstić information content (AvgIpc) is 4.00. The van der Waals surface area contributed by atoms with Crippen LogP contribution in [0.25, 0.3) is 62.6 Å². The number of rotatable bonds is 4. The molecule has 2 aromatic heterocycles. The van der Waals surface area contributed by atoms with Gasteiger partial charge in [0.2, 0.25) is 0 Å². The minimum atomic E-state index is -0.129. The van der Waals surface area contributed by atoms with Gasteiger partial charge in [0, 0.05) is 74.5 Å². The van der Waals surface area contributed by atoms with E-state index < -0.39 is 0 Å². The van der Waals surface area contributed by atoms with Gasteiger partial charge in [-0.2, -0.15) is 0 Å². The van der Waals surface area contributed by atoms with Gasteiger partial charge in [-0.15, -0.1) is 22.7 Å². The van der Waals surface area contributed by atoms with E-state index >= 15 is 0 Å². The van der Waals surface area contributed by atoms with E-state index in [1.807, 2.05) is 22.7 Å². The van der Waals surface area contributed by atoms with Crippen LogP contribution in [0.5, 0.6) is 0 Å². The Bertz CT molecular complexity index is 4160. The summed E-state index contributed by atoms with van der Waals surface area (Å²) in [6, 6.07) is 68.2. The van der Waals surface area contributed by atoms with Crippen LogP contribution in [0.15, 0.2) is 176 Å². The summed E-state index contributed by atoms with van der Waals surface area (Å²) >= 11 is 3.81. The van der Waals surface area contributed by atoms with Crippen molar-refractivity contribution in [2.45, 2.75) is 104 Å². The molecule has 75 heavy (non-hydrogen) atoms. The molecule has 5 heteroatoms. The maximum Gasteiger partial charge on any atom is 0.252 e. The Morgan fingerprint density at radius 1 is 0.413 bits per heavy atom. The fourth-order valence-electron chi connectivity index (χ4n) is 13.0. The molecule has 0 N–H and O–H groups in total. The van der Waals surface area contributed by atoms with Gasteiger partial charge in [-0.25, -0.2) is 0 Å². The van der Waals surface area contributed by atoms with Gasteiger partial charge in [0.15, 0.2) is 0 Å². The third kappa shape index (κ3) is 7.17. The minimum Gasteiger partial charge on any atom is -0.311 e. The highest BCUT2D eigenvalue weighted by molar-refractivity contribution is 7.26. The first kappa shape index (κ1) is 46.6. The summed E-state index contributed by atoms with van der Waals surface area (Å²) in [6.07, 6.45) is 2.32. The average molecular weight is 1010 g/mol. The van der Waals surface area contributed by atoms with Crippen LogP contribution in [0.3, 0.4) is 0 Å². The molecule has 0 fully saturated rings. The van der Waals surface area contributed by atoms with Gasteiger partial charge in [-0.3, -0.25) is 0 Å². The predicted molar refractivity (Wildman–Crippen MR) is 330 cm³/mol. The topological polar surface area (TPSA) is 6.48 Å². The lowest BCUT2D eigenvalue weighted by Gasteiger charge is -2.48. The van der Waals surface area contributed by atoms with Gasteiger partial charge in [-0.05, 0) is 156 Å². The van der Waals surface area contributed by atoms with E-state index in [4.69, 9.17) is 0 Å². The minimum absolute atomic E-state index is 0.0182. The Hall–Kier alpha value is -6.92. The second-order valence-electron chi connectivity index (χ2n) is 25.2. The van der Waals surface area contributed by atoms with Crippen molar-refractivity contribution in [2.75, 3.05) is 9.80 Å². The van der Waals surface area contributed by atoms with Crippen LogP contribution in [0.1, 0.15) is 104 Å². The van der Waals surface area contributed by atoms with Gasteiger partial charge in [0.1, 0.15) is 0 Å². The Balaban J connectivity index is 1.01. The second-order valence-corrected chi connectivity index (χ2v) is 27.3. The Kier molecular flexibility index (Phi) is 10.1. The van der Waals surface area contributed by atoms with Crippen LogP contribution < -0.4 is 26.2 Å². The smallest absolute Gasteiger partial charge is 0.252 e. The van der Waals surface area contributed by atoms with E-state index in [2.05, 4.69) is 255 Å². The highest BCUT2D eigenvalue weighted by Crippen LogP contribution is 2.52. The maximum atomic E-state index is 2.68. The molecule has 11 aromatic rings. The zero-order valence-corrected chi connectivity index (χ0v) is 46.6. The molecule has 4 heterocycles. The lowest BCUT2D eigenvalue weighted by molar-refractivity contribution is 0.332. The van der Waals surface area contributed by atoms with Crippen LogP contribution in [-0.2, 0) is 21.7 Å². The van der Waals surface area contributed by atoms with Crippen molar-refractivity contribution in [1.82, 2.24) is 0 Å². The van der Waals surface area contributed by atoms with Crippen molar-refractivity contribution >= 4 is 120 Å². The normalized spacial score (nSPS) is 15.6. The van der Waals surface area contributed by atoms with E-state index in [9.17, 15) is 0 Å². The Labute approximate surface area is 451 Å². The molecule has 1 aliphatic carbocycles. The second kappa shape index (κ2) is 16.3. The number of anilines is 6. The molecule has 0 saturated heterocycles. The summed E-state index contributed by atoms with van der Waals surface area (Å²) in [6.45, 7) is 24.2. The van der Waals surface area contributed by atoms with E-state index in [1.165, 1.54) is 135 Å². The van der Waals surface area contributed by atoms with Crippen LogP contribution in [-0.4, -0.2) is 6.71 Å². The number of benzene rings is 9. The number of fused-ring (bicyclic) bond motifs is 11. The molecule has 0 spiro atoms. The largest absolute Gasteiger partial charge is 0.311 e. The molecule has 0 unspecified atom stereocenters. The summed E-state index contributed by atoms with van der Waals surface area (Å²) in [5, 5.41) is 5.32. The fraction of sp³-hybridized carbons (Fsp3) is 0.229. The van der Waals surface area contributed by atoms with Gasteiger partial charge in [0.05, 0.1) is 0 Å². The summed E-state index contributed by atoms with van der Waals surface area (Å²) in [7, 11) is 0. The van der Waals surface area contributed by atoms with Crippen molar-refractivity contribution in [1.29, 1.82) is 0 Å². The molecule has 3 aliphatic rings. The van der Waals surface area contributed by atoms with Crippen molar-refractivity contribution in [2.24, 2.45) is 0 Å². The lowest BCUT2D eigenvalue weighted by Crippen LogP contribution is -2.62. The maximum absolute atomic E-state index is 2.68. The molecule has 0 bridgehead atoms. The zero-order valence-electron chi connectivity index (χ0n) is 44.9. The molecule has 368 valence electrons. The molecule has 9 aromatic carbocycles. The summed E-state index contributed by atoms with van der Waals surface area (Å²) in [5.41, 5.74) is 22.2. The van der Waals surface area contributed by atoms with Crippen LogP contribution in [0, 0.1) is 0 Å². The summed E-state index contributed by atoms with van der Waals surface area (Å²) in [4.78, 5) is 5.27. The molecule has 2 aliphatic heterocycles. The number of hydrogen-bond acceptors (Lipinski definition) is 4. The Morgan fingerprint density at radius 2 is 0.867 bits per heavy atom. The van der Waals surface area contributed by atoms with E-state index in [-0.39, 0.29) is 28.4 Å². The van der Waals surface area contributed by atoms with E-state index in [0.717, 1.165) is 12.8 Å². The molecule has 0 saturated carbocycles. The third-order valence-electron chi connectivity index (χ3n) is 17.5. The quantitative estimate of drug-likeness (QED) is 0.162. The number of nitrogens with zero attached hydrogens (tertiary/aromatic N) is 2. The van der Waals surface area contributed by atoms with E-state index in [1.54, 1.807) is 0 Å². The zero-order chi connectivity index (χ0) is 51.5. The van der Waals surface area contributed by atoms with Crippen molar-refractivity contribution in [3.8, 4) is 22.3 Å². The van der Waals surface area contributed by atoms with Crippen molar-refractivity contribution in [3.63, 3.8) is 0 Å². The summed E-state index contributed by atoms with van der Waals surface area (Å²) < 4.78 is 5.36. The highest BCUT2D eigenvalue weighted by Gasteiger charge is 2.47. The molecule has 0 radical (unpaired) electrons. The highest BCUT2D eigenvalue weighted by atomic mass is 32.1. The molecule has 0 amide bonds. The lowest BCUT2D eigenvalue weighted by atomic mass is 9.32. The molecular weight excluding hydrogens is 944 g/mol. The molecule has 2 nitrogen and oxygen atoms in total. The SMILES string of the molecule is CC(C)(C)c1ccc2c(c1)B1c3cc4c(cc3N(c3ccc(-c5cccc6c5sc5ccccc56)cc3)c3cc(C(C)(C)C)cc(c31)N2c1ccc(-c2cccc3c2sc2ccccc23)cc1)C(C)(C)CCC4(C)C. The van der Waals surface area contributed by atoms with Gasteiger partial charge in [0.25, 0.3) is 6.71 Å².